The van der Waals surface area contributed by atoms with E-state index in [1.54, 1.807) is 0 Å². The van der Waals surface area contributed by atoms with Gasteiger partial charge in [0, 0.05) is 24.4 Å². The fraction of sp³-hybridized carbons (Fsp3) is 0.438. The molecule has 1 unspecified atom stereocenters. The second-order valence-electron chi connectivity index (χ2n) is 5.94. The normalized spacial score (nSPS) is 20.3. The third-order valence-corrected chi connectivity index (χ3v) is 4.14. The highest BCUT2D eigenvalue weighted by molar-refractivity contribution is 5.77. The zero-order valence-corrected chi connectivity index (χ0v) is 12.6. The minimum Gasteiger partial charge on any atom is -0.397 e. The minimum absolute atomic E-state index is 0.0677. The highest BCUT2D eigenvalue weighted by Gasteiger charge is 2.39. The first-order valence-corrected chi connectivity index (χ1v) is 7.33. The first kappa shape index (κ1) is 14.8. The number of anilines is 2. The van der Waals surface area contributed by atoms with Gasteiger partial charge >= 0.3 is 0 Å². The van der Waals surface area contributed by atoms with Crippen LogP contribution in [0.4, 0.5) is 20.2 Å². The highest BCUT2D eigenvalue weighted by Crippen LogP contribution is 2.38. The summed E-state index contributed by atoms with van der Waals surface area (Å²) in [5.41, 5.74) is 9.93. The van der Waals surface area contributed by atoms with Gasteiger partial charge in [0.25, 0.3) is 0 Å². The Bertz CT molecular complexity index is 677. The molecule has 1 aliphatic rings. The van der Waals surface area contributed by atoms with E-state index in [4.69, 9.17) is 10.3 Å². The fourth-order valence-electron chi connectivity index (χ4n) is 3.04. The van der Waals surface area contributed by atoms with Crippen LogP contribution in [-0.4, -0.2) is 17.1 Å². The van der Waals surface area contributed by atoms with Crippen LogP contribution in [0.5, 0.6) is 0 Å². The van der Waals surface area contributed by atoms with E-state index >= 15 is 0 Å². The molecular weight excluding hydrogens is 288 g/mol. The first-order chi connectivity index (χ1) is 10.4. The number of nitrogens with two attached hydrogens (primary N) is 1. The van der Waals surface area contributed by atoms with Crippen LogP contribution in [0.2, 0.25) is 0 Å². The molecule has 1 fully saturated rings. The van der Waals surface area contributed by atoms with E-state index in [2.05, 4.69) is 10.5 Å². The summed E-state index contributed by atoms with van der Waals surface area (Å²) in [6.07, 6.45) is 0.248. The molecule has 1 saturated carbocycles. The van der Waals surface area contributed by atoms with Crippen molar-refractivity contribution in [3.63, 3.8) is 0 Å². The van der Waals surface area contributed by atoms with Crippen molar-refractivity contribution in [1.29, 1.82) is 0 Å². The summed E-state index contributed by atoms with van der Waals surface area (Å²) in [5.74, 6) is -1.84. The van der Waals surface area contributed by atoms with Gasteiger partial charge in [-0.1, -0.05) is 11.2 Å². The van der Waals surface area contributed by atoms with Crippen LogP contribution < -0.4 is 11.1 Å². The number of hydrogen-bond donors (Lipinski definition) is 2. The molecule has 0 spiro atoms. The molecule has 1 aromatic heterocycles. The standard InChI is InChI=1S/C16H19F2N3O/c1-9-15(10(2)22-21-9)11-3-4-14(13(19)7-11)20-12-5-6-16(17,18)8-12/h3-4,7,12,20H,5-6,8,19H2,1-2H3. The predicted octanol–water partition coefficient (Wildman–Crippen LogP) is 4.14. The number of rotatable bonds is 3. The average molecular weight is 307 g/mol. The Morgan fingerprint density at radius 2 is 2.14 bits per heavy atom. The molecule has 0 amide bonds. The molecule has 3 rings (SSSR count). The molecule has 4 nitrogen and oxygen atoms in total. The third kappa shape index (κ3) is 2.77. The number of nitrogens with zero attached hydrogens (tertiary/aromatic N) is 1. The summed E-state index contributed by atoms with van der Waals surface area (Å²) in [5, 5.41) is 7.05. The molecule has 1 heterocycles. The summed E-state index contributed by atoms with van der Waals surface area (Å²) in [6, 6.07) is 5.31. The molecule has 3 N–H and O–H groups in total. The van der Waals surface area contributed by atoms with Crippen molar-refractivity contribution in [3.05, 3.63) is 29.7 Å². The lowest BCUT2D eigenvalue weighted by Crippen LogP contribution is -2.19. The maximum atomic E-state index is 13.2. The van der Waals surface area contributed by atoms with E-state index in [1.165, 1.54) is 0 Å². The molecule has 0 aliphatic heterocycles. The Morgan fingerprint density at radius 1 is 1.36 bits per heavy atom. The number of aryl methyl sites for hydroxylation is 2. The van der Waals surface area contributed by atoms with Gasteiger partial charge in [-0.05, 0) is 38.0 Å². The van der Waals surface area contributed by atoms with E-state index in [0.29, 0.717) is 17.8 Å². The summed E-state index contributed by atoms with van der Waals surface area (Å²) in [7, 11) is 0. The van der Waals surface area contributed by atoms with Crippen molar-refractivity contribution in [2.45, 2.75) is 45.1 Å². The van der Waals surface area contributed by atoms with Crippen LogP contribution >= 0.6 is 0 Å². The predicted molar refractivity (Wildman–Crippen MR) is 82.0 cm³/mol. The average Bonchev–Trinajstić information content (AvgIpc) is 2.95. The second kappa shape index (κ2) is 5.26. The van der Waals surface area contributed by atoms with Gasteiger partial charge in [-0.3, -0.25) is 0 Å². The summed E-state index contributed by atoms with van der Waals surface area (Å²) in [6.45, 7) is 3.72. The smallest absolute Gasteiger partial charge is 0.250 e. The van der Waals surface area contributed by atoms with Gasteiger partial charge in [0.1, 0.15) is 5.76 Å². The molecule has 1 aromatic carbocycles. The maximum absolute atomic E-state index is 13.2. The molecule has 1 aliphatic carbocycles. The number of hydrogen-bond acceptors (Lipinski definition) is 4. The monoisotopic (exact) mass is 307 g/mol. The van der Waals surface area contributed by atoms with Gasteiger partial charge in [-0.15, -0.1) is 0 Å². The fourth-order valence-corrected chi connectivity index (χ4v) is 3.04. The van der Waals surface area contributed by atoms with Crippen molar-refractivity contribution < 1.29 is 13.3 Å². The molecule has 0 saturated heterocycles. The molecule has 0 radical (unpaired) electrons. The van der Waals surface area contributed by atoms with Gasteiger partial charge in [0.2, 0.25) is 5.92 Å². The molecule has 1 atom stereocenters. The van der Waals surface area contributed by atoms with Gasteiger partial charge in [0.05, 0.1) is 17.1 Å². The number of aromatic nitrogens is 1. The zero-order chi connectivity index (χ0) is 15.9. The van der Waals surface area contributed by atoms with Crippen molar-refractivity contribution in [2.75, 3.05) is 11.1 Å². The Kier molecular flexibility index (Phi) is 3.54. The summed E-state index contributed by atoms with van der Waals surface area (Å²) in [4.78, 5) is 0. The molecule has 0 bridgehead atoms. The van der Waals surface area contributed by atoms with E-state index in [0.717, 1.165) is 22.6 Å². The van der Waals surface area contributed by atoms with E-state index in [-0.39, 0.29) is 18.9 Å². The lowest BCUT2D eigenvalue weighted by Gasteiger charge is -2.16. The van der Waals surface area contributed by atoms with E-state index < -0.39 is 5.92 Å². The lowest BCUT2D eigenvalue weighted by molar-refractivity contribution is 0.00852. The van der Waals surface area contributed by atoms with Crippen LogP contribution in [0.1, 0.15) is 30.7 Å². The van der Waals surface area contributed by atoms with Crippen LogP contribution in [0, 0.1) is 13.8 Å². The zero-order valence-electron chi connectivity index (χ0n) is 12.6. The van der Waals surface area contributed by atoms with Crippen LogP contribution in [-0.2, 0) is 0 Å². The molecule has 22 heavy (non-hydrogen) atoms. The number of halogens is 2. The Balaban J connectivity index is 1.81. The van der Waals surface area contributed by atoms with Gasteiger partial charge < -0.3 is 15.6 Å². The van der Waals surface area contributed by atoms with Crippen molar-refractivity contribution in [2.24, 2.45) is 0 Å². The second-order valence-corrected chi connectivity index (χ2v) is 5.94. The minimum atomic E-state index is -2.57. The Hall–Kier alpha value is -2.11. The Labute approximate surface area is 127 Å². The summed E-state index contributed by atoms with van der Waals surface area (Å²) >= 11 is 0. The van der Waals surface area contributed by atoms with Gasteiger partial charge in [-0.2, -0.15) is 0 Å². The van der Waals surface area contributed by atoms with Crippen molar-refractivity contribution in [1.82, 2.24) is 5.16 Å². The number of nitrogen functional groups attached to an aromatic ring is 1. The number of benzene rings is 1. The molecule has 118 valence electrons. The SMILES string of the molecule is Cc1noc(C)c1-c1ccc(NC2CCC(F)(F)C2)c(N)c1. The molecule has 2 aromatic rings. The van der Waals surface area contributed by atoms with Crippen molar-refractivity contribution >= 4 is 11.4 Å². The van der Waals surface area contributed by atoms with Crippen molar-refractivity contribution in [3.8, 4) is 11.1 Å². The maximum Gasteiger partial charge on any atom is 0.250 e. The highest BCUT2D eigenvalue weighted by atomic mass is 19.3. The number of alkyl halides is 2. The topological polar surface area (TPSA) is 64.1 Å². The van der Waals surface area contributed by atoms with E-state index in [1.807, 2.05) is 32.0 Å². The van der Waals surface area contributed by atoms with E-state index in [9.17, 15) is 8.78 Å². The largest absolute Gasteiger partial charge is 0.397 e. The quantitative estimate of drug-likeness (QED) is 0.836. The lowest BCUT2D eigenvalue weighted by atomic mass is 10.0. The number of nitrogens with one attached hydrogen (secondary N) is 1. The third-order valence-electron chi connectivity index (χ3n) is 4.14. The van der Waals surface area contributed by atoms with Gasteiger partial charge in [0.15, 0.2) is 0 Å². The van der Waals surface area contributed by atoms with Crippen LogP contribution in [0.25, 0.3) is 11.1 Å². The molecular formula is C16H19F2N3O. The summed E-state index contributed by atoms with van der Waals surface area (Å²) < 4.78 is 31.7. The van der Waals surface area contributed by atoms with Gasteiger partial charge in [-0.25, -0.2) is 8.78 Å². The van der Waals surface area contributed by atoms with Crippen LogP contribution in [0.15, 0.2) is 22.7 Å². The molecule has 6 heteroatoms. The Morgan fingerprint density at radius 3 is 2.68 bits per heavy atom. The first-order valence-electron chi connectivity index (χ1n) is 7.33. The van der Waals surface area contributed by atoms with Crippen LogP contribution in [0.3, 0.4) is 0 Å².